The van der Waals surface area contributed by atoms with Crippen molar-refractivity contribution < 1.29 is 4.79 Å². The van der Waals surface area contributed by atoms with E-state index in [-0.39, 0.29) is 18.0 Å². The van der Waals surface area contributed by atoms with Gasteiger partial charge in [-0.3, -0.25) is 14.7 Å². The zero-order chi connectivity index (χ0) is 20.5. The summed E-state index contributed by atoms with van der Waals surface area (Å²) in [4.78, 5) is 24.7. The van der Waals surface area contributed by atoms with Crippen molar-refractivity contribution in [2.75, 3.05) is 5.32 Å². The summed E-state index contributed by atoms with van der Waals surface area (Å²) in [5, 5.41) is 17.2. The third-order valence-corrected chi connectivity index (χ3v) is 4.93. The minimum absolute atomic E-state index is 0.179. The lowest BCUT2D eigenvalue weighted by molar-refractivity contribution is -0.117. The van der Waals surface area contributed by atoms with Crippen molar-refractivity contribution in [3.63, 3.8) is 0 Å². The van der Waals surface area contributed by atoms with Gasteiger partial charge in [0.2, 0.25) is 5.91 Å². The Morgan fingerprint density at radius 2 is 1.77 bits per heavy atom. The Balaban J connectivity index is 1.39. The first-order chi connectivity index (χ1) is 14.7. The standard InChI is InChI=1S/C23H17N5O2/c29-22(25-19-8-7-18-13-24-26-21(18)12-19)14-28-23(30)10-9-20(27-28)17-6-5-15-3-1-2-4-16(15)11-17/h1-13H,14H2,(H,24,26)(H,25,29). The molecule has 5 aromatic rings. The number of aromatic amines is 1. The molecule has 0 radical (unpaired) electrons. The van der Waals surface area contributed by atoms with E-state index in [0.717, 1.165) is 27.2 Å². The van der Waals surface area contributed by atoms with E-state index < -0.39 is 0 Å². The van der Waals surface area contributed by atoms with Crippen LogP contribution in [0.2, 0.25) is 0 Å². The van der Waals surface area contributed by atoms with Crippen molar-refractivity contribution in [2.24, 2.45) is 0 Å². The monoisotopic (exact) mass is 395 g/mol. The van der Waals surface area contributed by atoms with Gasteiger partial charge < -0.3 is 5.32 Å². The number of amides is 1. The topological polar surface area (TPSA) is 92.7 Å². The van der Waals surface area contributed by atoms with Crippen LogP contribution in [0.4, 0.5) is 5.69 Å². The molecule has 7 heteroatoms. The predicted molar refractivity (Wildman–Crippen MR) is 116 cm³/mol. The number of hydrogen-bond acceptors (Lipinski definition) is 4. The molecule has 2 heterocycles. The van der Waals surface area contributed by atoms with Crippen LogP contribution in [0.5, 0.6) is 0 Å². The molecule has 7 nitrogen and oxygen atoms in total. The second-order valence-electron chi connectivity index (χ2n) is 7.00. The van der Waals surface area contributed by atoms with Crippen molar-refractivity contribution in [2.45, 2.75) is 6.54 Å². The smallest absolute Gasteiger partial charge is 0.267 e. The number of H-pyrrole nitrogens is 1. The average Bonchev–Trinajstić information content (AvgIpc) is 3.23. The van der Waals surface area contributed by atoms with E-state index in [0.29, 0.717) is 11.4 Å². The van der Waals surface area contributed by atoms with Crippen molar-refractivity contribution in [1.82, 2.24) is 20.0 Å². The van der Waals surface area contributed by atoms with Gasteiger partial charge in [0.1, 0.15) is 6.54 Å². The number of nitrogens with zero attached hydrogens (tertiary/aromatic N) is 3. The Labute approximate surface area is 171 Å². The molecule has 0 fully saturated rings. The highest BCUT2D eigenvalue weighted by Gasteiger charge is 2.10. The molecule has 1 amide bonds. The highest BCUT2D eigenvalue weighted by molar-refractivity contribution is 5.93. The van der Waals surface area contributed by atoms with E-state index >= 15 is 0 Å². The minimum Gasteiger partial charge on any atom is -0.324 e. The molecular formula is C23H17N5O2. The lowest BCUT2D eigenvalue weighted by Crippen LogP contribution is -2.29. The van der Waals surface area contributed by atoms with E-state index in [1.165, 1.54) is 10.7 Å². The number of nitrogens with one attached hydrogen (secondary N) is 2. The SMILES string of the molecule is O=C(Cn1nc(-c2ccc3ccccc3c2)ccc1=O)Nc1ccc2cn[nH]c2c1. The van der Waals surface area contributed by atoms with Gasteiger partial charge in [0.15, 0.2) is 0 Å². The van der Waals surface area contributed by atoms with Crippen LogP contribution in [-0.4, -0.2) is 25.9 Å². The molecule has 5 rings (SSSR count). The number of benzene rings is 3. The number of carbonyl (C=O) groups excluding carboxylic acids is 1. The largest absolute Gasteiger partial charge is 0.324 e. The Morgan fingerprint density at radius 1 is 0.933 bits per heavy atom. The van der Waals surface area contributed by atoms with Crippen LogP contribution in [0, 0.1) is 0 Å². The second-order valence-corrected chi connectivity index (χ2v) is 7.00. The molecule has 3 aromatic carbocycles. The zero-order valence-electron chi connectivity index (χ0n) is 15.9. The van der Waals surface area contributed by atoms with Gasteiger partial charge >= 0.3 is 0 Å². The zero-order valence-corrected chi connectivity index (χ0v) is 15.9. The molecule has 2 N–H and O–H groups in total. The summed E-state index contributed by atoms with van der Waals surface area (Å²) in [6, 6.07) is 22.6. The van der Waals surface area contributed by atoms with Crippen LogP contribution in [0.25, 0.3) is 32.9 Å². The normalized spacial score (nSPS) is 11.1. The van der Waals surface area contributed by atoms with Gasteiger partial charge in [0.25, 0.3) is 5.56 Å². The summed E-state index contributed by atoms with van der Waals surface area (Å²) >= 11 is 0. The van der Waals surface area contributed by atoms with Crippen LogP contribution in [0.1, 0.15) is 0 Å². The van der Waals surface area contributed by atoms with E-state index in [1.807, 2.05) is 48.5 Å². The summed E-state index contributed by atoms with van der Waals surface area (Å²) in [7, 11) is 0. The van der Waals surface area contributed by atoms with Crippen molar-refractivity contribution in [1.29, 1.82) is 0 Å². The van der Waals surface area contributed by atoms with Gasteiger partial charge in [0, 0.05) is 22.7 Å². The fourth-order valence-electron chi connectivity index (χ4n) is 3.42. The second kappa shape index (κ2) is 7.29. The number of anilines is 1. The van der Waals surface area contributed by atoms with Gasteiger partial charge in [-0.05, 0) is 41.1 Å². The third kappa shape index (κ3) is 3.44. The molecule has 146 valence electrons. The first kappa shape index (κ1) is 17.8. The van der Waals surface area contributed by atoms with E-state index in [1.54, 1.807) is 24.4 Å². The molecule has 30 heavy (non-hydrogen) atoms. The lowest BCUT2D eigenvalue weighted by Gasteiger charge is -2.09. The fourth-order valence-corrected chi connectivity index (χ4v) is 3.42. The molecule has 0 aliphatic carbocycles. The molecule has 0 atom stereocenters. The van der Waals surface area contributed by atoms with Gasteiger partial charge in [0.05, 0.1) is 17.4 Å². The van der Waals surface area contributed by atoms with Gasteiger partial charge in [-0.1, -0.05) is 36.4 Å². The van der Waals surface area contributed by atoms with Crippen LogP contribution < -0.4 is 10.9 Å². The molecule has 0 saturated heterocycles. The van der Waals surface area contributed by atoms with Gasteiger partial charge in [-0.15, -0.1) is 0 Å². The number of rotatable bonds is 4. The van der Waals surface area contributed by atoms with Crippen LogP contribution in [-0.2, 0) is 11.3 Å². The third-order valence-electron chi connectivity index (χ3n) is 4.93. The Bertz CT molecular complexity index is 1450. The first-order valence-electron chi connectivity index (χ1n) is 9.46. The molecule has 2 aromatic heterocycles. The number of hydrogen-bond donors (Lipinski definition) is 2. The summed E-state index contributed by atoms with van der Waals surface area (Å²) < 4.78 is 1.18. The molecule has 0 aliphatic heterocycles. The quantitative estimate of drug-likeness (QED) is 0.486. The fraction of sp³-hybridized carbons (Fsp3) is 0.0435. The molecule has 0 spiro atoms. The first-order valence-corrected chi connectivity index (χ1v) is 9.46. The number of fused-ring (bicyclic) bond motifs is 2. The summed E-state index contributed by atoms with van der Waals surface area (Å²) in [6.07, 6.45) is 1.71. The Hall–Kier alpha value is -4.26. The predicted octanol–water partition coefficient (Wildman–Crippen LogP) is 3.58. The van der Waals surface area contributed by atoms with Crippen molar-refractivity contribution >= 4 is 33.3 Å². The van der Waals surface area contributed by atoms with Crippen molar-refractivity contribution in [3.8, 4) is 11.3 Å². The maximum atomic E-state index is 12.5. The highest BCUT2D eigenvalue weighted by Crippen LogP contribution is 2.22. The molecule has 0 saturated carbocycles. The average molecular weight is 395 g/mol. The molecular weight excluding hydrogens is 378 g/mol. The van der Waals surface area contributed by atoms with Gasteiger partial charge in [-0.2, -0.15) is 10.2 Å². The van der Waals surface area contributed by atoms with Crippen LogP contribution >= 0.6 is 0 Å². The Kier molecular flexibility index (Phi) is 4.33. The molecule has 0 unspecified atom stereocenters. The van der Waals surface area contributed by atoms with Crippen LogP contribution in [0.3, 0.4) is 0 Å². The summed E-state index contributed by atoms with van der Waals surface area (Å²) in [5.41, 5.74) is 2.62. The number of aromatic nitrogens is 4. The van der Waals surface area contributed by atoms with E-state index in [2.05, 4.69) is 20.6 Å². The lowest BCUT2D eigenvalue weighted by atomic mass is 10.1. The summed E-state index contributed by atoms with van der Waals surface area (Å²) in [5.74, 6) is -0.334. The maximum Gasteiger partial charge on any atom is 0.267 e. The minimum atomic E-state index is -0.335. The van der Waals surface area contributed by atoms with E-state index in [9.17, 15) is 9.59 Å². The Morgan fingerprint density at radius 3 is 2.67 bits per heavy atom. The number of carbonyl (C=O) groups is 1. The van der Waals surface area contributed by atoms with Crippen molar-refractivity contribution in [3.05, 3.63) is 89.3 Å². The highest BCUT2D eigenvalue weighted by atomic mass is 16.2. The van der Waals surface area contributed by atoms with Gasteiger partial charge in [-0.25, -0.2) is 4.68 Å². The maximum absolute atomic E-state index is 12.5. The molecule has 0 bridgehead atoms. The summed E-state index contributed by atoms with van der Waals surface area (Å²) in [6.45, 7) is -0.179. The van der Waals surface area contributed by atoms with Crippen LogP contribution in [0.15, 0.2) is 83.8 Å². The molecule has 0 aliphatic rings. The van der Waals surface area contributed by atoms with E-state index in [4.69, 9.17) is 0 Å².